The van der Waals surface area contributed by atoms with Crippen molar-refractivity contribution in [2.75, 3.05) is 13.1 Å². The third-order valence-electron chi connectivity index (χ3n) is 3.27. The quantitative estimate of drug-likeness (QED) is 0.828. The Morgan fingerprint density at radius 2 is 2.47 bits per heavy atom. The summed E-state index contributed by atoms with van der Waals surface area (Å²) in [6.45, 7) is 4.11. The van der Waals surface area contributed by atoms with Crippen molar-refractivity contribution < 1.29 is 4.79 Å². The molecule has 1 unspecified atom stereocenters. The molecule has 1 aromatic rings. The van der Waals surface area contributed by atoms with Crippen molar-refractivity contribution >= 4 is 17.1 Å². The van der Waals surface area contributed by atoms with E-state index >= 15 is 0 Å². The molecular formula is C12H17NOS. The zero-order valence-electron chi connectivity index (χ0n) is 9.03. The third kappa shape index (κ3) is 2.67. The minimum absolute atomic E-state index is 0.241. The monoisotopic (exact) mass is 223 g/mol. The van der Waals surface area contributed by atoms with Gasteiger partial charge in [0.2, 0.25) is 0 Å². The highest BCUT2D eigenvalue weighted by molar-refractivity contribution is 7.07. The maximum absolute atomic E-state index is 11.8. The summed E-state index contributed by atoms with van der Waals surface area (Å²) >= 11 is 1.70. The van der Waals surface area contributed by atoms with E-state index in [9.17, 15) is 4.79 Å². The molecule has 1 aromatic heterocycles. The second-order valence-corrected chi connectivity index (χ2v) is 5.08. The largest absolute Gasteiger partial charge is 0.316 e. The van der Waals surface area contributed by atoms with Gasteiger partial charge in [0, 0.05) is 12.3 Å². The molecule has 15 heavy (non-hydrogen) atoms. The molecule has 0 radical (unpaired) electrons. The predicted molar refractivity (Wildman–Crippen MR) is 63.2 cm³/mol. The Bertz CT molecular complexity index is 316. The average Bonchev–Trinajstić information content (AvgIpc) is 2.63. The minimum atomic E-state index is 0.241. The lowest BCUT2D eigenvalue weighted by atomic mass is 9.84. The highest BCUT2D eigenvalue weighted by atomic mass is 32.1. The van der Waals surface area contributed by atoms with E-state index in [0.717, 1.165) is 19.5 Å². The van der Waals surface area contributed by atoms with E-state index in [2.05, 4.69) is 29.1 Å². The molecule has 1 saturated heterocycles. The Balaban J connectivity index is 1.76. The Kier molecular flexibility index (Phi) is 3.54. The molecule has 1 N–H and O–H groups in total. The standard InChI is InChI=1S/C12H17NOS/c1-9(11-6-13-7-11)12(14)3-2-10-4-5-15-8-10/h4-5,8-9,11,13H,2-3,6-7H2,1H3. The maximum Gasteiger partial charge on any atom is 0.136 e. The minimum Gasteiger partial charge on any atom is -0.316 e. The van der Waals surface area contributed by atoms with Gasteiger partial charge in [0.1, 0.15) is 5.78 Å². The molecule has 2 heterocycles. The van der Waals surface area contributed by atoms with Crippen LogP contribution in [0.3, 0.4) is 0 Å². The fourth-order valence-electron chi connectivity index (χ4n) is 1.86. The van der Waals surface area contributed by atoms with Gasteiger partial charge in [-0.25, -0.2) is 0 Å². The van der Waals surface area contributed by atoms with Crippen LogP contribution in [0.1, 0.15) is 18.9 Å². The number of Topliss-reactive ketones (excluding diaryl/α,β-unsaturated/α-hetero) is 1. The molecule has 1 aliphatic rings. The number of nitrogens with one attached hydrogen (secondary N) is 1. The Morgan fingerprint density at radius 3 is 3.00 bits per heavy atom. The molecule has 0 aromatic carbocycles. The van der Waals surface area contributed by atoms with Crippen LogP contribution in [0.2, 0.25) is 0 Å². The molecule has 2 nitrogen and oxygen atoms in total. The molecule has 2 rings (SSSR count). The lowest BCUT2D eigenvalue weighted by Crippen LogP contribution is -2.47. The van der Waals surface area contributed by atoms with Crippen molar-refractivity contribution in [1.29, 1.82) is 0 Å². The molecule has 0 amide bonds. The number of ketones is 1. The highest BCUT2D eigenvalue weighted by Crippen LogP contribution is 2.19. The average molecular weight is 223 g/mol. The molecule has 1 fully saturated rings. The molecule has 0 aliphatic carbocycles. The van der Waals surface area contributed by atoms with E-state index in [1.807, 2.05) is 0 Å². The summed E-state index contributed by atoms with van der Waals surface area (Å²) in [6, 6.07) is 2.10. The van der Waals surface area contributed by atoms with Crippen LogP contribution in [-0.4, -0.2) is 18.9 Å². The van der Waals surface area contributed by atoms with Crippen LogP contribution in [0.15, 0.2) is 16.8 Å². The number of carbonyl (C=O) groups excluding carboxylic acids is 1. The van der Waals surface area contributed by atoms with Gasteiger partial charge in [-0.3, -0.25) is 4.79 Å². The smallest absolute Gasteiger partial charge is 0.136 e. The van der Waals surface area contributed by atoms with Gasteiger partial charge in [0.05, 0.1) is 0 Å². The van der Waals surface area contributed by atoms with Crippen molar-refractivity contribution in [2.45, 2.75) is 19.8 Å². The molecular weight excluding hydrogens is 206 g/mol. The molecule has 0 saturated carbocycles. The van der Waals surface area contributed by atoms with E-state index in [0.29, 0.717) is 18.1 Å². The van der Waals surface area contributed by atoms with Crippen LogP contribution in [0.25, 0.3) is 0 Å². The molecule has 82 valence electrons. The number of rotatable bonds is 5. The molecule has 1 atom stereocenters. The summed E-state index contributed by atoms with van der Waals surface area (Å²) in [6.07, 6.45) is 1.61. The topological polar surface area (TPSA) is 29.1 Å². The first-order valence-corrected chi connectivity index (χ1v) is 6.46. The first kappa shape index (κ1) is 10.8. The van der Waals surface area contributed by atoms with Gasteiger partial charge in [0.25, 0.3) is 0 Å². The summed E-state index contributed by atoms with van der Waals surface area (Å²) in [5.41, 5.74) is 1.30. The second-order valence-electron chi connectivity index (χ2n) is 4.30. The lowest BCUT2D eigenvalue weighted by molar-refractivity contribution is -0.124. The normalized spacial score (nSPS) is 18.5. The van der Waals surface area contributed by atoms with Crippen LogP contribution in [-0.2, 0) is 11.2 Å². The van der Waals surface area contributed by atoms with Gasteiger partial charge in [-0.2, -0.15) is 11.3 Å². The van der Waals surface area contributed by atoms with Crippen LogP contribution in [0.5, 0.6) is 0 Å². The highest BCUT2D eigenvalue weighted by Gasteiger charge is 2.27. The van der Waals surface area contributed by atoms with Crippen LogP contribution < -0.4 is 5.32 Å². The Morgan fingerprint density at radius 1 is 1.67 bits per heavy atom. The fraction of sp³-hybridized carbons (Fsp3) is 0.583. The van der Waals surface area contributed by atoms with Gasteiger partial charge in [-0.05, 0) is 47.8 Å². The summed E-state index contributed by atoms with van der Waals surface area (Å²) in [5.74, 6) is 1.25. The summed E-state index contributed by atoms with van der Waals surface area (Å²) in [5, 5.41) is 7.41. The molecule has 0 bridgehead atoms. The number of carbonyl (C=O) groups is 1. The van der Waals surface area contributed by atoms with Crippen molar-refractivity contribution in [2.24, 2.45) is 11.8 Å². The summed E-state index contributed by atoms with van der Waals surface area (Å²) in [7, 11) is 0. The SMILES string of the molecule is CC(C(=O)CCc1ccsc1)C1CNC1. The summed E-state index contributed by atoms with van der Waals surface area (Å²) in [4.78, 5) is 11.8. The lowest BCUT2D eigenvalue weighted by Gasteiger charge is -2.31. The van der Waals surface area contributed by atoms with Gasteiger partial charge in [0.15, 0.2) is 0 Å². The van der Waals surface area contributed by atoms with Gasteiger partial charge < -0.3 is 5.32 Å². The molecule has 0 spiro atoms. The fourth-order valence-corrected chi connectivity index (χ4v) is 2.56. The van der Waals surface area contributed by atoms with Crippen molar-refractivity contribution in [3.05, 3.63) is 22.4 Å². The van der Waals surface area contributed by atoms with E-state index in [4.69, 9.17) is 0 Å². The zero-order chi connectivity index (χ0) is 10.7. The van der Waals surface area contributed by atoms with E-state index in [1.54, 1.807) is 11.3 Å². The first-order chi connectivity index (χ1) is 7.27. The first-order valence-electron chi connectivity index (χ1n) is 5.52. The molecule has 1 aliphatic heterocycles. The Hall–Kier alpha value is -0.670. The molecule has 3 heteroatoms. The van der Waals surface area contributed by atoms with Crippen LogP contribution in [0, 0.1) is 11.8 Å². The van der Waals surface area contributed by atoms with Gasteiger partial charge in [-0.1, -0.05) is 6.92 Å². The Labute approximate surface area is 94.7 Å². The number of aryl methyl sites for hydroxylation is 1. The second kappa shape index (κ2) is 4.90. The van der Waals surface area contributed by atoms with E-state index < -0.39 is 0 Å². The van der Waals surface area contributed by atoms with E-state index in [-0.39, 0.29) is 5.92 Å². The third-order valence-corrected chi connectivity index (χ3v) is 4.00. The van der Waals surface area contributed by atoms with Crippen molar-refractivity contribution in [3.63, 3.8) is 0 Å². The van der Waals surface area contributed by atoms with Crippen molar-refractivity contribution in [3.8, 4) is 0 Å². The predicted octanol–water partition coefficient (Wildman–Crippen LogP) is 2.11. The van der Waals surface area contributed by atoms with Crippen molar-refractivity contribution in [1.82, 2.24) is 5.32 Å². The van der Waals surface area contributed by atoms with Crippen LogP contribution >= 0.6 is 11.3 Å². The summed E-state index contributed by atoms with van der Waals surface area (Å²) < 4.78 is 0. The zero-order valence-corrected chi connectivity index (χ0v) is 9.85. The van der Waals surface area contributed by atoms with Crippen LogP contribution in [0.4, 0.5) is 0 Å². The van der Waals surface area contributed by atoms with Gasteiger partial charge in [-0.15, -0.1) is 0 Å². The maximum atomic E-state index is 11.8. The van der Waals surface area contributed by atoms with E-state index in [1.165, 1.54) is 5.56 Å². The number of hydrogen-bond acceptors (Lipinski definition) is 3. The van der Waals surface area contributed by atoms with Gasteiger partial charge >= 0.3 is 0 Å². The number of thiophene rings is 1. The number of hydrogen-bond donors (Lipinski definition) is 1.